The van der Waals surface area contributed by atoms with Crippen LogP contribution in [0.15, 0.2) is 43.0 Å². The molecule has 2 amide bonds. The number of amides is 2. The van der Waals surface area contributed by atoms with Gasteiger partial charge in [-0.3, -0.25) is 4.79 Å². The number of nitrogens with zero attached hydrogens (tertiary/aromatic N) is 1. The zero-order valence-electron chi connectivity index (χ0n) is 10.0. The van der Waals surface area contributed by atoms with E-state index < -0.39 is 6.09 Å². The molecule has 1 aliphatic heterocycles. The van der Waals surface area contributed by atoms with Crippen LogP contribution in [0.1, 0.15) is 17.9 Å². The van der Waals surface area contributed by atoms with E-state index in [4.69, 9.17) is 4.74 Å². The van der Waals surface area contributed by atoms with E-state index in [9.17, 15) is 9.59 Å². The van der Waals surface area contributed by atoms with Crippen molar-refractivity contribution in [1.29, 1.82) is 0 Å². The Morgan fingerprint density at radius 1 is 1.44 bits per heavy atom. The number of hydrogen-bond donors (Lipinski definition) is 0. The average Bonchev–Trinajstić information content (AvgIpc) is 2.83. The molecule has 0 unspecified atom stereocenters. The maximum atomic E-state index is 12.0. The molecule has 0 spiro atoms. The number of carbonyl (C=O) groups excluding carboxylic acids is 2. The third-order valence-electron chi connectivity index (χ3n) is 2.97. The molecule has 1 heterocycles. The van der Waals surface area contributed by atoms with E-state index in [0.717, 1.165) is 10.5 Å². The molecule has 0 radical (unpaired) electrons. The van der Waals surface area contributed by atoms with Gasteiger partial charge in [0.25, 0.3) is 0 Å². The van der Waals surface area contributed by atoms with Crippen LogP contribution >= 0.6 is 0 Å². The third-order valence-corrected chi connectivity index (χ3v) is 2.97. The fourth-order valence-corrected chi connectivity index (χ4v) is 1.96. The summed E-state index contributed by atoms with van der Waals surface area (Å²) in [5.41, 5.74) is 1.02. The second-order valence-electron chi connectivity index (χ2n) is 4.12. The molecule has 0 bridgehead atoms. The lowest BCUT2D eigenvalue weighted by atomic mass is 9.95. The number of ether oxygens (including phenoxy) is 1. The lowest BCUT2D eigenvalue weighted by Gasteiger charge is -2.16. The van der Waals surface area contributed by atoms with Gasteiger partial charge in [-0.1, -0.05) is 36.4 Å². The van der Waals surface area contributed by atoms with Gasteiger partial charge in [-0.2, -0.15) is 0 Å². The largest absolute Gasteiger partial charge is 0.447 e. The lowest BCUT2D eigenvalue weighted by Crippen LogP contribution is -2.32. The van der Waals surface area contributed by atoms with Crippen molar-refractivity contribution in [1.82, 2.24) is 4.90 Å². The zero-order valence-corrected chi connectivity index (χ0v) is 10.0. The highest BCUT2D eigenvalue weighted by atomic mass is 16.6. The Hall–Kier alpha value is -2.10. The molecule has 0 aliphatic carbocycles. The Balaban J connectivity index is 2.05. The van der Waals surface area contributed by atoms with Crippen LogP contribution in [0.3, 0.4) is 0 Å². The maximum absolute atomic E-state index is 12.0. The number of hydrogen-bond acceptors (Lipinski definition) is 3. The minimum absolute atomic E-state index is 0.0768. The van der Waals surface area contributed by atoms with E-state index in [0.29, 0.717) is 6.54 Å². The van der Waals surface area contributed by atoms with Crippen LogP contribution in [-0.4, -0.2) is 30.1 Å². The van der Waals surface area contributed by atoms with Crippen LogP contribution < -0.4 is 0 Å². The van der Waals surface area contributed by atoms with E-state index in [1.165, 1.54) is 0 Å². The molecule has 1 aromatic carbocycles. The van der Waals surface area contributed by atoms with E-state index in [1.807, 2.05) is 30.3 Å². The van der Waals surface area contributed by atoms with E-state index in [2.05, 4.69) is 6.58 Å². The summed E-state index contributed by atoms with van der Waals surface area (Å²) < 4.78 is 4.75. The van der Waals surface area contributed by atoms with Crippen LogP contribution in [0.2, 0.25) is 0 Å². The molecule has 4 nitrogen and oxygen atoms in total. The molecule has 1 fully saturated rings. The molecule has 18 heavy (non-hydrogen) atoms. The molecule has 1 aliphatic rings. The Labute approximate surface area is 106 Å². The molecule has 0 aromatic heterocycles. The number of imide groups is 1. The maximum Gasteiger partial charge on any atom is 0.416 e. The van der Waals surface area contributed by atoms with Crippen molar-refractivity contribution in [3.8, 4) is 0 Å². The first-order valence-corrected chi connectivity index (χ1v) is 5.87. The Morgan fingerprint density at radius 3 is 2.72 bits per heavy atom. The fourth-order valence-electron chi connectivity index (χ4n) is 1.96. The van der Waals surface area contributed by atoms with Gasteiger partial charge in [-0.25, -0.2) is 9.69 Å². The Morgan fingerprint density at radius 2 is 2.17 bits per heavy atom. The van der Waals surface area contributed by atoms with E-state index in [1.54, 1.807) is 6.08 Å². The first-order chi connectivity index (χ1) is 8.72. The summed E-state index contributed by atoms with van der Waals surface area (Å²) in [5.74, 6) is -0.293. The van der Waals surface area contributed by atoms with Gasteiger partial charge in [0.2, 0.25) is 5.91 Å². The molecule has 1 aromatic rings. The standard InChI is InChI=1S/C14H15NO3/c1-2-11(12-6-4-3-5-7-12)10-13(16)15-8-9-18-14(15)17/h2-7,11H,1,8-10H2/t11-/m0/s1. The normalized spacial score (nSPS) is 16.2. The van der Waals surface area contributed by atoms with Crippen LogP contribution in [0.25, 0.3) is 0 Å². The number of benzene rings is 1. The van der Waals surface area contributed by atoms with Crippen molar-refractivity contribution >= 4 is 12.0 Å². The van der Waals surface area contributed by atoms with Gasteiger partial charge in [-0.05, 0) is 5.56 Å². The minimum Gasteiger partial charge on any atom is -0.447 e. The highest BCUT2D eigenvalue weighted by Gasteiger charge is 2.29. The molecule has 94 valence electrons. The average molecular weight is 245 g/mol. The number of allylic oxidation sites excluding steroid dienone is 1. The molecule has 2 rings (SSSR count). The van der Waals surface area contributed by atoms with Crippen molar-refractivity contribution < 1.29 is 14.3 Å². The SMILES string of the molecule is C=C[C@@H](CC(=O)N1CCOC1=O)c1ccccc1. The molecular formula is C14H15NO3. The quantitative estimate of drug-likeness (QED) is 0.765. The van der Waals surface area contributed by atoms with Crippen molar-refractivity contribution in [3.05, 3.63) is 48.6 Å². The summed E-state index contributed by atoms with van der Waals surface area (Å²) >= 11 is 0. The molecular weight excluding hydrogens is 230 g/mol. The van der Waals surface area contributed by atoms with Crippen molar-refractivity contribution in [2.24, 2.45) is 0 Å². The molecule has 0 saturated carbocycles. The summed E-state index contributed by atoms with van der Waals surface area (Å²) in [4.78, 5) is 24.4. The second kappa shape index (κ2) is 5.49. The molecule has 4 heteroatoms. The van der Waals surface area contributed by atoms with Gasteiger partial charge in [0.05, 0.1) is 6.54 Å². The van der Waals surface area contributed by atoms with E-state index >= 15 is 0 Å². The molecule has 1 atom stereocenters. The van der Waals surface area contributed by atoms with Crippen molar-refractivity contribution in [2.45, 2.75) is 12.3 Å². The third kappa shape index (κ3) is 2.59. The summed E-state index contributed by atoms with van der Waals surface area (Å²) in [7, 11) is 0. The Kier molecular flexibility index (Phi) is 3.77. The highest BCUT2D eigenvalue weighted by molar-refractivity contribution is 5.93. The first-order valence-electron chi connectivity index (χ1n) is 5.87. The van der Waals surface area contributed by atoms with Gasteiger partial charge in [0.15, 0.2) is 0 Å². The van der Waals surface area contributed by atoms with Gasteiger partial charge < -0.3 is 4.74 Å². The summed E-state index contributed by atoms with van der Waals surface area (Å²) in [6.45, 7) is 4.38. The predicted octanol–water partition coefficient (Wildman–Crippen LogP) is 2.33. The zero-order chi connectivity index (χ0) is 13.0. The first kappa shape index (κ1) is 12.4. The summed E-state index contributed by atoms with van der Waals surface area (Å²) in [5, 5.41) is 0. The van der Waals surface area contributed by atoms with Crippen LogP contribution in [0.5, 0.6) is 0 Å². The van der Waals surface area contributed by atoms with Crippen LogP contribution in [0, 0.1) is 0 Å². The summed E-state index contributed by atoms with van der Waals surface area (Å²) in [6.07, 6.45) is 1.42. The summed E-state index contributed by atoms with van der Waals surface area (Å²) in [6, 6.07) is 9.65. The van der Waals surface area contributed by atoms with Gasteiger partial charge in [0.1, 0.15) is 6.61 Å². The van der Waals surface area contributed by atoms with Crippen LogP contribution in [-0.2, 0) is 9.53 Å². The van der Waals surface area contributed by atoms with Crippen molar-refractivity contribution in [3.63, 3.8) is 0 Å². The monoisotopic (exact) mass is 245 g/mol. The number of cyclic esters (lactones) is 1. The van der Waals surface area contributed by atoms with Crippen LogP contribution in [0.4, 0.5) is 4.79 Å². The second-order valence-corrected chi connectivity index (χ2v) is 4.12. The lowest BCUT2D eigenvalue weighted by molar-refractivity contribution is -0.127. The highest BCUT2D eigenvalue weighted by Crippen LogP contribution is 2.22. The molecule has 0 N–H and O–H groups in total. The molecule has 1 saturated heterocycles. The smallest absolute Gasteiger partial charge is 0.416 e. The minimum atomic E-state index is -0.545. The van der Waals surface area contributed by atoms with Gasteiger partial charge in [-0.15, -0.1) is 6.58 Å². The number of rotatable bonds is 4. The topological polar surface area (TPSA) is 46.6 Å². The van der Waals surface area contributed by atoms with E-state index in [-0.39, 0.29) is 24.9 Å². The predicted molar refractivity (Wildman–Crippen MR) is 67.1 cm³/mol. The van der Waals surface area contributed by atoms with Crippen molar-refractivity contribution in [2.75, 3.05) is 13.2 Å². The fraction of sp³-hybridized carbons (Fsp3) is 0.286. The number of carbonyl (C=O) groups is 2. The van der Waals surface area contributed by atoms with Gasteiger partial charge in [0, 0.05) is 12.3 Å². The van der Waals surface area contributed by atoms with Gasteiger partial charge >= 0.3 is 6.09 Å². The Bertz CT molecular complexity index is 455.